The third kappa shape index (κ3) is 4.02. The number of ether oxygens (including phenoxy) is 1. The van der Waals surface area contributed by atoms with Crippen LogP contribution in [0, 0.1) is 10.1 Å². The summed E-state index contributed by atoms with van der Waals surface area (Å²) in [5.41, 5.74) is 0.480. The Labute approximate surface area is 104 Å². The van der Waals surface area contributed by atoms with Crippen LogP contribution in [0.15, 0.2) is 24.3 Å². The predicted octanol–water partition coefficient (Wildman–Crippen LogP) is 1.50. The predicted molar refractivity (Wildman–Crippen MR) is 64.6 cm³/mol. The number of carboxylic acids is 1. The number of aliphatic carboxylic acids is 1. The molecule has 0 fully saturated rings. The van der Waals surface area contributed by atoms with Crippen LogP contribution >= 0.6 is 0 Å². The number of rotatable bonds is 7. The van der Waals surface area contributed by atoms with E-state index >= 15 is 0 Å². The van der Waals surface area contributed by atoms with E-state index in [0.717, 1.165) is 0 Å². The molecule has 0 heterocycles. The van der Waals surface area contributed by atoms with Crippen molar-refractivity contribution < 1.29 is 19.6 Å². The Balaban J connectivity index is 2.68. The molecule has 98 valence electrons. The smallest absolute Gasteiger partial charge is 0.326 e. The summed E-state index contributed by atoms with van der Waals surface area (Å²) in [6.45, 7) is 0.316. The fraction of sp³-hybridized carbons (Fsp3) is 0.364. The van der Waals surface area contributed by atoms with Crippen molar-refractivity contribution in [3.8, 4) is 0 Å². The highest BCUT2D eigenvalue weighted by Crippen LogP contribution is 2.16. The lowest BCUT2D eigenvalue weighted by Gasteiger charge is -2.15. The average Bonchev–Trinajstić information content (AvgIpc) is 2.34. The number of nitrogens with zero attached hydrogens (tertiary/aromatic N) is 1. The monoisotopic (exact) mass is 254 g/mol. The van der Waals surface area contributed by atoms with E-state index in [0.29, 0.717) is 18.7 Å². The fourth-order valence-corrected chi connectivity index (χ4v) is 1.37. The molecule has 1 atom stereocenters. The molecule has 0 saturated carbocycles. The largest absolute Gasteiger partial charge is 0.480 e. The Morgan fingerprint density at radius 2 is 2.11 bits per heavy atom. The van der Waals surface area contributed by atoms with Crippen molar-refractivity contribution in [3.05, 3.63) is 34.4 Å². The highest BCUT2D eigenvalue weighted by Gasteiger charge is 2.17. The summed E-state index contributed by atoms with van der Waals surface area (Å²) in [6.07, 6.45) is 0.308. The minimum Gasteiger partial charge on any atom is -0.480 e. The number of benzene rings is 1. The summed E-state index contributed by atoms with van der Waals surface area (Å²) >= 11 is 0. The zero-order valence-corrected chi connectivity index (χ0v) is 9.83. The Bertz CT molecular complexity index is 418. The molecule has 0 amide bonds. The summed E-state index contributed by atoms with van der Waals surface area (Å²) in [7, 11) is 1.49. The number of nitro groups is 1. The van der Waals surface area contributed by atoms with Crippen LogP contribution in [0.25, 0.3) is 0 Å². The topological polar surface area (TPSA) is 102 Å². The van der Waals surface area contributed by atoms with Crippen molar-refractivity contribution >= 4 is 17.3 Å². The molecule has 1 aromatic carbocycles. The van der Waals surface area contributed by atoms with E-state index < -0.39 is 16.9 Å². The van der Waals surface area contributed by atoms with Gasteiger partial charge in [0.15, 0.2) is 0 Å². The third-order valence-corrected chi connectivity index (χ3v) is 2.33. The van der Waals surface area contributed by atoms with Gasteiger partial charge < -0.3 is 15.2 Å². The first-order valence-corrected chi connectivity index (χ1v) is 5.27. The molecule has 1 unspecified atom stereocenters. The lowest BCUT2D eigenvalue weighted by Crippen LogP contribution is -2.30. The van der Waals surface area contributed by atoms with Crippen molar-refractivity contribution in [3.63, 3.8) is 0 Å². The second-order valence-corrected chi connectivity index (χ2v) is 3.62. The van der Waals surface area contributed by atoms with Gasteiger partial charge in [-0.2, -0.15) is 0 Å². The van der Waals surface area contributed by atoms with E-state index in [4.69, 9.17) is 9.84 Å². The van der Waals surface area contributed by atoms with Crippen LogP contribution in [-0.4, -0.2) is 35.8 Å². The van der Waals surface area contributed by atoms with E-state index in [-0.39, 0.29) is 5.69 Å². The highest BCUT2D eigenvalue weighted by molar-refractivity contribution is 5.77. The Hall–Kier alpha value is -2.15. The number of nitro benzene ring substituents is 1. The zero-order valence-electron chi connectivity index (χ0n) is 9.83. The van der Waals surface area contributed by atoms with Gasteiger partial charge in [0.1, 0.15) is 6.04 Å². The normalized spacial score (nSPS) is 11.8. The van der Waals surface area contributed by atoms with Crippen molar-refractivity contribution in [2.75, 3.05) is 19.0 Å². The van der Waals surface area contributed by atoms with Crippen LogP contribution in [0.3, 0.4) is 0 Å². The number of carboxylic acid groups (broad SMARTS) is 1. The second-order valence-electron chi connectivity index (χ2n) is 3.62. The zero-order chi connectivity index (χ0) is 13.5. The van der Waals surface area contributed by atoms with E-state index in [1.807, 2.05) is 0 Å². The molecule has 7 heteroatoms. The summed E-state index contributed by atoms with van der Waals surface area (Å²) in [5, 5.41) is 22.2. The molecule has 18 heavy (non-hydrogen) atoms. The van der Waals surface area contributed by atoms with Crippen LogP contribution in [-0.2, 0) is 9.53 Å². The van der Waals surface area contributed by atoms with Crippen LogP contribution < -0.4 is 5.32 Å². The van der Waals surface area contributed by atoms with Gasteiger partial charge in [0.25, 0.3) is 5.69 Å². The molecular formula is C11H14N2O5. The van der Waals surface area contributed by atoms with Crippen LogP contribution in [0.5, 0.6) is 0 Å². The molecular weight excluding hydrogens is 240 g/mol. The van der Waals surface area contributed by atoms with Crippen molar-refractivity contribution in [2.24, 2.45) is 0 Å². The summed E-state index contributed by atoms with van der Waals surface area (Å²) in [5.74, 6) is -0.995. The minimum atomic E-state index is -0.995. The first kappa shape index (κ1) is 13.9. The van der Waals surface area contributed by atoms with Crippen LogP contribution in [0.1, 0.15) is 6.42 Å². The number of methoxy groups -OCH3 is 1. The van der Waals surface area contributed by atoms with Gasteiger partial charge in [0.2, 0.25) is 0 Å². The average molecular weight is 254 g/mol. The molecule has 1 aromatic rings. The maximum absolute atomic E-state index is 11.0. The number of nitrogens with one attached hydrogen (secondary N) is 1. The molecule has 0 radical (unpaired) electrons. The van der Waals surface area contributed by atoms with E-state index in [1.54, 1.807) is 0 Å². The second kappa shape index (κ2) is 6.55. The summed E-state index contributed by atoms with van der Waals surface area (Å²) in [4.78, 5) is 20.9. The van der Waals surface area contributed by atoms with E-state index in [2.05, 4.69) is 5.32 Å². The molecule has 0 aliphatic carbocycles. The van der Waals surface area contributed by atoms with Crippen molar-refractivity contribution in [1.82, 2.24) is 0 Å². The van der Waals surface area contributed by atoms with Gasteiger partial charge in [-0.3, -0.25) is 10.1 Å². The van der Waals surface area contributed by atoms with Crippen molar-refractivity contribution in [2.45, 2.75) is 12.5 Å². The molecule has 0 saturated heterocycles. The van der Waals surface area contributed by atoms with Crippen LogP contribution in [0.2, 0.25) is 0 Å². The molecule has 0 spiro atoms. The molecule has 0 aliphatic rings. The molecule has 0 aliphatic heterocycles. The number of anilines is 1. The Kier molecular flexibility index (Phi) is 5.06. The number of hydrogen-bond donors (Lipinski definition) is 2. The van der Waals surface area contributed by atoms with Gasteiger partial charge in [-0.25, -0.2) is 4.79 Å². The molecule has 0 aromatic heterocycles. The highest BCUT2D eigenvalue weighted by atomic mass is 16.6. The first-order valence-electron chi connectivity index (χ1n) is 5.27. The number of non-ortho nitro benzene ring substituents is 1. The van der Waals surface area contributed by atoms with Gasteiger partial charge in [-0.1, -0.05) is 0 Å². The number of carbonyl (C=O) groups is 1. The first-order chi connectivity index (χ1) is 8.54. The lowest BCUT2D eigenvalue weighted by atomic mass is 10.2. The van der Waals surface area contributed by atoms with E-state index in [9.17, 15) is 14.9 Å². The van der Waals surface area contributed by atoms with Gasteiger partial charge in [-0.05, 0) is 12.1 Å². The molecule has 1 rings (SSSR count). The van der Waals surface area contributed by atoms with Gasteiger partial charge >= 0.3 is 5.97 Å². The SMILES string of the molecule is COCCC(Nc1ccc([N+](=O)[O-])cc1)C(=O)O. The third-order valence-electron chi connectivity index (χ3n) is 2.33. The molecule has 0 bridgehead atoms. The maximum atomic E-state index is 11.0. The van der Waals surface area contributed by atoms with Gasteiger partial charge in [-0.15, -0.1) is 0 Å². The van der Waals surface area contributed by atoms with E-state index in [1.165, 1.54) is 31.4 Å². The standard InChI is InChI=1S/C11H14N2O5/c1-18-7-6-10(11(14)15)12-8-2-4-9(5-3-8)13(16)17/h2-5,10,12H,6-7H2,1H3,(H,14,15). The molecule has 2 N–H and O–H groups in total. The summed E-state index contributed by atoms with van der Waals surface area (Å²) < 4.78 is 4.82. The Morgan fingerprint density at radius 1 is 1.50 bits per heavy atom. The molecule has 7 nitrogen and oxygen atoms in total. The summed E-state index contributed by atoms with van der Waals surface area (Å²) in [6, 6.07) is 4.79. The Morgan fingerprint density at radius 3 is 2.56 bits per heavy atom. The lowest BCUT2D eigenvalue weighted by molar-refractivity contribution is -0.384. The van der Waals surface area contributed by atoms with Gasteiger partial charge in [0, 0.05) is 38.0 Å². The minimum absolute atomic E-state index is 0.0377. The maximum Gasteiger partial charge on any atom is 0.326 e. The fourth-order valence-electron chi connectivity index (χ4n) is 1.37. The van der Waals surface area contributed by atoms with Gasteiger partial charge in [0.05, 0.1) is 4.92 Å². The van der Waals surface area contributed by atoms with Crippen molar-refractivity contribution in [1.29, 1.82) is 0 Å². The van der Waals surface area contributed by atoms with Crippen LogP contribution in [0.4, 0.5) is 11.4 Å². The quantitative estimate of drug-likeness (QED) is 0.564. The number of hydrogen-bond acceptors (Lipinski definition) is 5.